The number of carbonyl (C=O) groups excluding carboxylic acids is 3. The molecular formula is C15H15ClN2O5S2. The highest BCUT2D eigenvalue weighted by atomic mass is 35.5. The summed E-state index contributed by atoms with van der Waals surface area (Å²) in [5, 5.41) is 2.92. The molecular weight excluding hydrogens is 388 g/mol. The van der Waals surface area contributed by atoms with Gasteiger partial charge in [0.25, 0.3) is 5.91 Å². The summed E-state index contributed by atoms with van der Waals surface area (Å²) in [6, 6.07) is 6.70. The van der Waals surface area contributed by atoms with Gasteiger partial charge in [0.05, 0.1) is 10.8 Å². The molecule has 25 heavy (non-hydrogen) atoms. The highest BCUT2D eigenvalue weighted by Crippen LogP contribution is 2.22. The second-order valence-electron chi connectivity index (χ2n) is 4.83. The van der Waals surface area contributed by atoms with Crippen LogP contribution in [0, 0.1) is 0 Å². The van der Waals surface area contributed by atoms with E-state index < -0.39 is 18.5 Å². The number of esters is 1. The Morgan fingerprint density at radius 3 is 2.76 bits per heavy atom. The standard InChI is InChI=1S/C15H15ClN2O5S2/c16-10-3-1-2-4-11(10)22-8-14(21)23-7-12(19)17-5-6-18-13(20)9-25-15(18)24/h1-4H,5-9H2,(H,17,19). The minimum absolute atomic E-state index is 0.0765. The van der Waals surface area contributed by atoms with Gasteiger partial charge in [-0.15, -0.1) is 0 Å². The topological polar surface area (TPSA) is 84.9 Å². The summed E-state index contributed by atoms with van der Waals surface area (Å²) in [6.45, 7) is -0.276. The van der Waals surface area contributed by atoms with Crippen molar-refractivity contribution in [3.05, 3.63) is 29.3 Å². The van der Waals surface area contributed by atoms with Crippen molar-refractivity contribution >= 4 is 57.7 Å². The summed E-state index contributed by atoms with van der Waals surface area (Å²) in [7, 11) is 0. The summed E-state index contributed by atoms with van der Waals surface area (Å²) in [5.74, 6) is -0.559. The molecule has 1 aliphatic rings. The van der Waals surface area contributed by atoms with Gasteiger partial charge in [-0.1, -0.05) is 47.7 Å². The summed E-state index contributed by atoms with van der Waals surface area (Å²) >= 11 is 12.2. The van der Waals surface area contributed by atoms with Crippen molar-refractivity contribution in [1.29, 1.82) is 0 Å². The summed E-state index contributed by atoms with van der Waals surface area (Å²) in [5.41, 5.74) is 0. The Bertz CT molecular complexity index is 670. The van der Waals surface area contributed by atoms with Gasteiger partial charge in [-0.2, -0.15) is 0 Å². The molecule has 0 bridgehead atoms. The number of halogens is 1. The maximum Gasteiger partial charge on any atom is 0.344 e. The van der Waals surface area contributed by atoms with Crippen LogP contribution in [0.5, 0.6) is 5.75 Å². The first-order valence-corrected chi connectivity index (χ1v) is 9.01. The number of benzene rings is 1. The third-order valence-electron chi connectivity index (χ3n) is 3.04. The van der Waals surface area contributed by atoms with Crippen LogP contribution < -0.4 is 10.1 Å². The van der Waals surface area contributed by atoms with E-state index in [1.807, 2.05) is 0 Å². The van der Waals surface area contributed by atoms with Gasteiger partial charge >= 0.3 is 5.97 Å². The van der Waals surface area contributed by atoms with Gasteiger partial charge in [0, 0.05) is 13.1 Å². The molecule has 0 aromatic heterocycles. The number of nitrogens with zero attached hydrogens (tertiary/aromatic N) is 1. The van der Waals surface area contributed by atoms with Crippen LogP contribution >= 0.6 is 35.6 Å². The number of thioether (sulfide) groups is 1. The van der Waals surface area contributed by atoms with Crippen LogP contribution in [0.1, 0.15) is 0 Å². The Labute approximate surface area is 159 Å². The van der Waals surface area contributed by atoms with Crippen LogP contribution in [0.15, 0.2) is 24.3 Å². The number of para-hydroxylation sites is 1. The predicted molar refractivity (Wildman–Crippen MR) is 97.7 cm³/mol. The quantitative estimate of drug-likeness (QED) is 0.517. The van der Waals surface area contributed by atoms with E-state index in [4.69, 9.17) is 33.3 Å². The first-order valence-electron chi connectivity index (χ1n) is 7.24. The molecule has 0 unspecified atom stereocenters. The Kier molecular flexibility index (Phi) is 7.48. The Hall–Kier alpha value is -1.84. The molecule has 1 N–H and O–H groups in total. The fourth-order valence-corrected chi connectivity index (χ4v) is 3.15. The summed E-state index contributed by atoms with van der Waals surface area (Å²) in [6.07, 6.45) is 0. The van der Waals surface area contributed by atoms with Gasteiger partial charge in [-0.05, 0) is 12.1 Å². The lowest BCUT2D eigenvalue weighted by molar-refractivity contribution is -0.150. The summed E-state index contributed by atoms with van der Waals surface area (Å²) < 4.78 is 10.5. The molecule has 1 heterocycles. The lowest BCUT2D eigenvalue weighted by atomic mass is 10.3. The first kappa shape index (κ1) is 19.5. The second kappa shape index (κ2) is 9.59. The molecule has 0 saturated carbocycles. The molecule has 1 fully saturated rings. The van der Waals surface area contributed by atoms with Crippen molar-refractivity contribution in [3.63, 3.8) is 0 Å². The molecule has 134 valence electrons. The molecule has 1 saturated heterocycles. The average Bonchev–Trinajstić information content (AvgIpc) is 2.91. The Morgan fingerprint density at radius 2 is 2.08 bits per heavy atom. The van der Waals surface area contributed by atoms with Gasteiger partial charge in [-0.25, -0.2) is 4.79 Å². The van der Waals surface area contributed by atoms with Crippen LogP contribution in [0.2, 0.25) is 5.02 Å². The van der Waals surface area contributed by atoms with Crippen molar-refractivity contribution in [3.8, 4) is 5.75 Å². The number of hydrogen-bond donors (Lipinski definition) is 1. The largest absolute Gasteiger partial charge is 0.480 e. The van der Waals surface area contributed by atoms with Crippen LogP contribution in [0.3, 0.4) is 0 Å². The maximum absolute atomic E-state index is 11.6. The molecule has 0 atom stereocenters. The molecule has 1 aromatic carbocycles. The summed E-state index contributed by atoms with van der Waals surface area (Å²) in [4.78, 5) is 36.1. The van der Waals surface area contributed by atoms with E-state index in [1.165, 1.54) is 16.7 Å². The van der Waals surface area contributed by atoms with E-state index in [0.29, 0.717) is 27.4 Å². The molecule has 1 aromatic rings. The monoisotopic (exact) mass is 402 g/mol. The van der Waals surface area contributed by atoms with Crippen LogP contribution in [0.4, 0.5) is 0 Å². The zero-order chi connectivity index (χ0) is 18.2. The molecule has 10 heteroatoms. The molecule has 1 aliphatic heterocycles. The minimum atomic E-state index is -0.692. The molecule has 0 aliphatic carbocycles. The minimum Gasteiger partial charge on any atom is -0.480 e. The third kappa shape index (κ3) is 6.18. The Morgan fingerprint density at radius 1 is 1.32 bits per heavy atom. The molecule has 7 nitrogen and oxygen atoms in total. The fraction of sp³-hybridized carbons (Fsp3) is 0.333. The van der Waals surface area contributed by atoms with Crippen LogP contribution in [-0.2, 0) is 19.1 Å². The van der Waals surface area contributed by atoms with E-state index in [9.17, 15) is 14.4 Å². The van der Waals surface area contributed by atoms with Gasteiger partial charge < -0.3 is 14.8 Å². The number of thiocarbonyl (C=S) groups is 1. The molecule has 0 spiro atoms. The highest BCUT2D eigenvalue weighted by Gasteiger charge is 2.25. The van der Waals surface area contributed by atoms with Crippen molar-refractivity contribution < 1.29 is 23.9 Å². The third-order valence-corrected chi connectivity index (χ3v) is 4.79. The van der Waals surface area contributed by atoms with E-state index >= 15 is 0 Å². The van der Waals surface area contributed by atoms with Crippen molar-refractivity contribution in [2.75, 3.05) is 32.1 Å². The van der Waals surface area contributed by atoms with Crippen LogP contribution in [-0.4, -0.2) is 59.1 Å². The normalized spacial score (nSPS) is 13.7. The van der Waals surface area contributed by atoms with Crippen molar-refractivity contribution in [1.82, 2.24) is 10.2 Å². The fourth-order valence-electron chi connectivity index (χ4n) is 1.84. The van der Waals surface area contributed by atoms with Crippen LogP contribution in [0.25, 0.3) is 0 Å². The van der Waals surface area contributed by atoms with Gasteiger partial charge in [0.1, 0.15) is 10.1 Å². The number of rotatable bonds is 8. The van der Waals surface area contributed by atoms with Crippen molar-refractivity contribution in [2.45, 2.75) is 0 Å². The number of hydrogen-bond acceptors (Lipinski definition) is 7. The van der Waals surface area contributed by atoms with Crippen molar-refractivity contribution in [2.24, 2.45) is 0 Å². The molecule has 2 amide bonds. The lowest BCUT2D eigenvalue weighted by Crippen LogP contribution is -2.38. The molecule has 0 radical (unpaired) electrons. The number of nitrogens with one attached hydrogen (secondary N) is 1. The van der Waals surface area contributed by atoms with Gasteiger partial charge in [0.15, 0.2) is 13.2 Å². The highest BCUT2D eigenvalue weighted by molar-refractivity contribution is 8.23. The van der Waals surface area contributed by atoms with E-state index in [0.717, 1.165) is 0 Å². The van der Waals surface area contributed by atoms with Gasteiger partial charge in [-0.3, -0.25) is 14.5 Å². The zero-order valence-corrected chi connectivity index (χ0v) is 15.4. The van der Waals surface area contributed by atoms with E-state index in [-0.39, 0.29) is 19.1 Å². The Balaban J connectivity index is 1.61. The first-order chi connectivity index (χ1) is 12.0. The second-order valence-corrected chi connectivity index (χ2v) is 6.85. The lowest BCUT2D eigenvalue weighted by Gasteiger charge is -2.15. The average molecular weight is 403 g/mol. The van der Waals surface area contributed by atoms with E-state index in [2.05, 4.69) is 5.32 Å². The molecule has 2 rings (SSSR count). The predicted octanol–water partition coefficient (Wildman–Crippen LogP) is 1.24. The smallest absolute Gasteiger partial charge is 0.344 e. The number of ether oxygens (including phenoxy) is 2. The van der Waals surface area contributed by atoms with Gasteiger partial charge in [0.2, 0.25) is 5.91 Å². The maximum atomic E-state index is 11.6. The number of carbonyl (C=O) groups is 3. The zero-order valence-electron chi connectivity index (χ0n) is 13.0. The SMILES string of the molecule is O=C(COC(=O)COc1ccccc1Cl)NCCN1C(=O)CSC1=S. The van der Waals surface area contributed by atoms with E-state index in [1.54, 1.807) is 24.3 Å². The number of amides is 2.